The summed E-state index contributed by atoms with van der Waals surface area (Å²) in [5.74, 6) is -0.771. The van der Waals surface area contributed by atoms with Crippen LogP contribution in [0.4, 0.5) is 5.69 Å². The fourth-order valence-electron chi connectivity index (χ4n) is 2.51. The van der Waals surface area contributed by atoms with E-state index in [-0.39, 0.29) is 24.1 Å². The van der Waals surface area contributed by atoms with Gasteiger partial charge >= 0.3 is 5.97 Å². The Kier molecular flexibility index (Phi) is 5.68. The topological polar surface area (TPSA) is 72.5 Å². The van der Waals surface area contributed by atoms with Crippen molar-refractivity contribution in [3.63, 3.8) is 0 Å². The molecule has 0 spiro atoms. The lowest BCUT2D eigenvalue weighted by Gasteiger charge is -2.16. The van der Waals surface area contributed by atoms with Gasteiger partial charge in [-0.05, 0) is 44.7 Å². The van der Waals surface area contributed by atoms with Crippen molar-refractivity contribution in [2.45, 2.75) is 39.2 Å². The molecule has 0 saturated carbocycles. The Morgan fingerprint density at radius 3 is 2.70 bits per heavy atom. The van der Waals surface area contributed by atoms with Gasteiger partial charge in [0.25, 0.3) is 5.91 Å². The second kappa shape index (κ2) is 7.72. The van der Waals surface area contributed by atoms with Crippen molar-refractivity contribution in [1.29, 1.82) is 0 Å². The van der Waals surface area contributed by atoms with Gasteiger partial charge in [0.15, 0.2) is 11.9 Å². The SMILES string of the molecule is CC(=O)c1ccccc1NC(=O)[C@@H](C)OC(=O)C[C@H]1C=CCC1. The number of carbonyl (C=O) groups excluding carboxylic acids is 3. The highest BCUT2D eigenvalue weighted by Crippen LogP contribution is 2.21. The van der Waals surface area contributed by atoms with Gasteiger partial charge in [-0.2, -0.15) is 0 Å². The first-order valence-corrected chi connectivity index (χ1v) is 7.74. The van der Waals surface area contributed by atoms with Crippen LogP contribution in [-0.4, -0.2) is 23.8 Å². The first kappa shape index (κ1) is 16.9. The highest BCUT2D eigenvalue weighted by atomic mass is 16.5. The van der Waals surface area contributed by atoms with Crippen LogP contribution in [0.2, 0.25) is 0 Å². The van der Waals surface area contributed by atoms with Gasteiger partial charge < -0.3 is 10.1 Å². The molecule has 1 aliphatic carbocycles. The van der Waals surface area contributed by atoms with E-state index in [4.69, 9.17) is 4.74 Å². The molecule has 1 N–H and O–H groups in total. The smallest absolute Gasteiger partial charge is 0.307 e. The van der Waals surface area contributed by atoms with Gasteiger partial charge in [0.1, 0.15) is 0 Å². The molecular weight excluding hydrogens is 294 g/mol. The number of para-hydroxylation sites is 1. The molecule has 0 aliphatic heterocycles. The van der Waals surface area contributed by atoms with Crippen molar-refractivity contribution in [1.82, 2.24) is 0 Å². The Morgan fingerprint density at radius 1 is 1.30 bits per heavy atom. The quantitative estimate of drug-likeness (QED) is 0.497. The van der Waals surface area contributed by atoms with E-state index in [1.54, 1.807) is 24.3 Å². The Morgan fingerprint density at radius 2 is 2.04 bits per heavy atom. The molecule has 1 aromatic carbocycles. The molecule has 0 bridgehead atoms. The average molecular weight is 315 g/mol. The van der Waals surface area contributed by atoms with Crippen molar-refractivity contribution in [3.05, 3.63) is 42.0 Å². The molecule has 2 rings (SSSR count). The molecular formula is C18H21NO4. The van der Waals surface area contributed by atoms with Gasteiger partial charge in [0, 0.05) is 5.56 Å². The van der Waals surface area contributed by atoms with Crippen molar-refractivity contribution >= 4 is 23.3 Å². The van der Waals surface area contributed by atoms with Gasteiger partial charge in [-0.3, -0.25) is 14.4 Å². The third-order valence-electron chi connectivity index (χ3n) is 3.78. The number of carbonyl (C=O) groups is 3. The van der Waals surface area contributed by atoms with E-state index < -0.39 is 12.0 Å². The van der Waals surface area contributed by atoms with Crippen LogP contribution >= 0.6 is 0 Å². The largest absolute Gasteiger partial charge is 0.453 e. The number of Topliss-reactive ketones (excluding diaryl/α,β-unsaturated/α-hetero) is 1. The zero-order chi connectivity index (χ0) is 16.8. The summed E-state index contributed by atoms with van der Waals surface area (Å²) in [6.07, 6.45) is 5.37. The maximum absolute atomic E-state index is 12.1. The summed E-state index contributed by atoms with van der Waals surface area (Å²) in [5.41, 5.74) is 0.849. The van der Waals surface area contributed by atoms with E-state index >= 15 is 0 Å². The molecule has 0 radical (unpaired) electrons. The molecule has 1 aliphatic rings. The monoisotopic (exact) mass is 315 g/mol. The highest BCUT2D eigenvalue weighted by Gasteiger charge is 2.21. The standard InChI is InChI=1S/C18H21NO4/c1-12(20)15-9-5-6-10-16(15)19-18(22)13(2)23-17(21)11-14-7-3-4-8-14/h3,5-7,9-10,13-14H,4,8,11H2,1-2H3,(H,19,22)/t13-,14+/m1/s1. The molecule has 0 saturated heterocycles. The van der Waals surface area contributed by atoms with E-state index in [9.17, 15) is 14.4 Å². The summed E-state index contributed by atoms with van der Waals surface area (Å²) < 4.78 is 5.18. The second-order valence-electron chi connectivity index (χ2n) is 5.69. The van der Waals surface area contributed by atoms with E-state index in [1.807, 2.05) is 12.2 Å². The maximum Gasteiger partial charge on any atom is 0.307 e. The van der Waals surface area contributed by atoms with Crippen LogP contribution in [0.5, 0.6) is 0 Å². The van der Waals surface area contributed by atoms with Crippen LogP contribution in [-0.2, 0) is 14.3 Å². The van der Waals surface area contributed by atoms with E-state index in [1.165, 1.54) is 13.8 Å². The lowest BCUT2D eigenvalue weighted by Crippen LogP contribution is -2.30. The molecule has 5 heteroatoms. The van der Waals surface area contributed by atoms with Gasteiger partial charge in [-0.25, -0.2) is 0 Å². The molecule has 0 unspecified atom stereocenters. The minimum atomic E-state index is -0.909. The molecule has 1 aromatic rings. The van der Waals surface area contributed by atoms with E-state index in [0.29, 0.717) is 11.3 Å². The number of ketones is 1. The molecule has 2 atom stereocenters. The third kappa shape index (κ3) is 4.77. The molecule has 1 amide bonds. The predicted octanol–water partition coefficient (Wildman–Crippen LogP) is 3.12. The van der Waals surface area contributed by atoms with Crippen LogP contribution in [0.3, 0.4) is 0 Å². The number of hydrogen-bond acceptors (Lipinski definition) is 4. The fraction of sp³-hybridized carbons (Fsp3) is 0.389. The van der Waals surface area contributed by atoms with Crippen molar-refractivity contribution in [2.24, 2.45) is 5.92 Å². The van der Waals surface area contributed by atoms with Gasteiger partial charge in [0.2, 0.25) is 0 Å². The zero-order valence-corrected chi connectivity index (χ0v) is 13.4. The summed E-state index contributed by atoms with van der Waals surface area (Å²) in [6, 6.07) is 6.74. The lowest BCUT2D eigenvalue weighted by atomic mass is 10.1. The summed E-state index contributed by atoms with van der Waals surface area (Å²) >= 11 is 0. The van der Waals surface area contributed by atoms with Crippen LogP contribution in [0.15, 0.2) is 36.4 Å². The normalized spacial score (nSPS) is 17.6. The molecule has 0 aromatic heterocycles. The second-order valence-corrected chi connectivity index (χ2v) is 5.69. The maximum atomic E-state index is 12.1. The average Bonchev–Trinajstić information content (AvgIpc) is 3.00. The molecule has 122 valence electrons. The van der Waals surface area contributed by atoms with Crippen LogP contribution in [0.25, 0.3) is 0 Å². The summed E-state index contributed by atoms with van der Waals surface area (Å²) in [5, 5.41) is 2.64. The summed E-state index contributed by atoms with van der Waals surface area (Å²) in [6.45, 7) is 2.96. The van der Waals surface area contributed by atoms with Crippen LogP contribution in [0.1, 0.15) is 43.5 Å². The lowest BCUT2D eigenvalue weighted by molar-refractivity contribution is -0.153. The van der Waals surface area contributed by atoms with E-state index in [0.717, 1.165) is 12.8 Å². The number of amides is 1. The van der Waals surface area contributed by atoms with Gasteiger partial charge in [-0.15, -0.1) is 0 Å². The number of ether oxygens (including phenoxy) is 1. The molecule has 23 heavy (non-hydrogen) atoms. The van der Waals surface area contributed by atoms with Crippen LogP contribution < -0.4 is 5.32 Å². The third-order valence-corrected chi connectivity index (χ3v) is 3.78. The number of esters is 1. The zero-order valence-electron chi connectivity index (χ0n) is 13.4. The molecule has 0 fully saturated rings. The fourth-order valence-corrected chi connectivity index (χ4v) is 2.51. The van der Waals surface area contributed by atoms with E-state index in [2.05, 4.69) is 5.32 Å². The Hall–Kier alpha value is -2.43. The van der Waals surface area contributed by atoms with Crippen molar-refractivity contribution in [2.75, 3.05) is 5.32 Å². The number of allylic oxidation sites excluding steroid dienone is 2. The summed E-state index contributed by atoms with van der Waals surface area (Å²) in [4.78, 5) is 35.5. The predicted molar refractivity (Wildman–Crippen MR) is 87.1 cm³/mol. The molecule has 5 nitrogen and oxygen atoms in total. The number of hydrogen-bond donors (Lipinski definition) is 1. The van der Waals surface area contributed by atoms with Crippen LogP contribution in [0, 0.1) is 5.92 Å². The Labute approximate surface area is 135 Å². The molecule has 0 heterocycles. The number of nitrogens with one attached hydrogen (secondary N) is 1. The summed E-state index contributed by atoms with van der Waals surface area (Å²) in [7, 11) is 0. The first-order valence-electron chi connectivity index (χ1n) is 7.74. The number of rotatable bonds is 6. The highest BCUT2D eigenvalue weighted by molar-refractivity contribution is 6.04. The Balaban J connectivity index is 1.91. The number of benzene rings is 1. The van der Waals surface area contributed by atoms with Crippen molar-refractivity contribution in [3.8, 4) is 0 Å². The van der Waals surface area contributed by atoms with Crippen molar-refractivity contribution < 1.29 is 19.1 Å². The minimum Gasteiger partial charge on any atom is -0.453 e. The first-order chi connectivity index (χ1) is 11.0. The Bertz CT molecular complexity index is 636. The van der Waals surface area contributed by atoms with Gasteiger partial charge in [-0.1, -0.05) is 24.3 Å². The number of anilines is 1. The minimum absolute atomic E-state index is 0.140. The van der Waals surface area contributed by atoms with Gasteiger partial charge in [0.05, 0.1) is 12.1 Å².